The Balaban J connectivity index is 1.29. The molecule has 5 aromatic carbocycles. The first-order valence-electron chi connectivity index (χ1n) is 17.9. The monoisotopic (exact) mass is 754 g/mol. The van der Waals surface area contributed by atoms with Crippen LogP contribution in [0, 0.1) is 45.9 Å². The molecule has 0 saturated heterocycles. The summed E-state index contributed by atoms with van der Waals surface area (Å²) in [6.07, 6.45) is 0. The highest BCUT2D eigenvalue weighted by Gasteiger charge is 2.20. The number of aryl methyl sites for hydroxylation is 4. The van der Waals surface area contributed by atoms with Crippen LogP contribution in [0.5, 0.6) is 0 Å². The number of hydrogen-bond acceptors (Lipinski definition) is 11. The minimum atomic E-state index is -0.163. The lowest BCUT2D eigenvalue weighted by Crippen LogP contribution is -2.05. The van der Waals surface area contributed by atoms with E-state index in [1.807, 2.05) is 93.6 Å². The molecule has 0 aliphatic heterocycles. The molecule has 12 heteroatoms. The van der Waals surface area contributed by atoms with E-state index in [9.17, 15) is 10.1 Å². The molecule has 2 heterocycles. The highest BCUT2D eigenvalue weighted by molar-refractivity contribution is 7.19. The van der Waals surface area contributed by atoms with Crippen molar-refractivity contribution >= 4 is 78.2 Å². The molecule has 56 heavy (non-hydrogen) atoms. The van der Waals surface area contributed by atoms with Gasteiger partial charge in [0.05, 0.1) is 11.3 Å². The zero-order valence-electron chi connectivity index (χ0n) is 31.8. The number of rotatable bonds is 10. The molecule has 3 N–H and O–H groups in total. The first-order valence-corrected chi connectivity index (χ1v) is 18.7. The minimum Gasteiger partial charge on any atom is -0.339 e. The lowest BCUT2D eigenvalue weighted by molar-refractivity contribution is -0.114. The van der Waals surface area contributed by atoms with Gasteiger partial charge in [-0.2, -0.15) is 5.26 Å². The van der Waals surface area contributed by atoms with Crippen molar-refractivity contribution in [1.82, 2.24) is 9.97 Å². The highest BCUT2D eigenvalue weighted by Crippen LogP contribution is 2.43. The number of pyridine rings is 1. The van der Waals surface area contributed by atoms with Gasteiger partial charge in [-0.25, -0.2) is 9.97 Å². The Morgan fingerprint density at radius 2 is 1.32 bits per heavy atom. The largest absolute Gasteiger partial charge is 0.339 e. The van der Waals surface area contributed by atoms with Crippen molar-refractivity contribution < 1.29 is 4.79 Å². The average molecular weight is 755 g/mol. The summed E-state index contributed by atoms with van der Waals surface area (Å²) >= 11 is 1.23. The van der Waals surface area contributed by atoms with Gasteiger partial charge >= 0.3 is 0 Å². The summed E-state index contributed by atoms with van der Waals surface area (Å²) in [5, 5.41) is 41.5. The van der Waals surface area contributed by atoms with Crippen LogP contribution in [0.4, 0.5) is 50.2 Å². The van der Waals surface area contributed by atoms with Crippen LogP contribution in [0.25, 0.3) is 22.0 Å². The van der Waals surface area contributed by atoms with Gasteiger partial charge in [0.1, 0.15) is 17.5 Å². The first-order chi connectivity index (χ1) is 27.0. The van der Waals surface area contributed by atoms with Crippen molar-refractivity contribution in [3.63, 3.8) is 0 Å². The summed E-state index contributed by atoms with van der Waals surface area (Å²) in [5.41, 5.74) is 10.2. The third kappa shape index (κ3) is 8.49. The summed E-state index contributed by atoms with van der Waals surface area (Å²) < 4.78 is 0. The molecule has 0 aliphatic rings. The highest BCUT2D eigenvalue weighted by atomic mass is 32.1. The summed E-state index contributed by atoms with van der Waals surface area (Å²) in [7, 11) is 0. The number of fused-ring (bicyclic) bond motifs is 1. The molecular weight excluding hydrogens is 717 g/mol. The number of nitrogens with zero attached hydrogens (tertiary/aromatic N) is 7. The average Bonchev–Trinajstić information content (AvgIpc) is 3.58. The molecule has 0 saturated carbocycles. The van der Waals surface area contributed by atoms with Crippen molar-refractivity contribution in [3.05, 3.63) is 137 Å². The number of thiazole rings is 1. The van der Waals surface area contributed by atoms with Crippen LogP contribution < -0.4 is 16.0 Å². The molecule has 1 amide bonds. The van der Waals surface area contributed by atoms with E-state index in [-0.39, 0.29) is 5.91 Å². The summed E-state index contributed by atoms with van der Waals surface area (Å²) in [4.78, 5) is 21.4. The molecule has 0 bridgehead atoms. The van der Waals surface area contributed by atoms with Crippen LogP contribution in [0.3, 0.4) is 0 Å². The minimum absolute atomic E-state index is 0.163. The molecule has 0 radical (unpaired) electrons. The van der Waals surface area contributed by atoms with E-state index in [2.05, 4.69) is 74.5 Å². The van der Waals surface area contributed by atoms with Crippen molar-refractivity contribution in [2.45, 2.75) is 41.5 Å². The van der Waals surface area contributed by atoms with Gasteiger partial charge in [-0.1, -0.05) is 82.6 Å². The fourth-order valence-electron chi connectivity index (χ4n) is 6.19. The van der Waals surface area contributed by atoms with E-state index >= 15 is 0 Å². The molecule has 11 nitrogen and oxygen atoms in total. The third-order valence-electron chi connectivity index (χ3n) is 9.01. The molecule has 0 spiro atoms. The van der Waals surface area contributed by atoms with Crippen molar-refractivity contribution in [1.29, 1.82) is 5.26 Å². The van der Waals surface area contributed by atoms with E-state index in [0.29, 0.717) is 55.7 Å². The molecule has 7 aromatic rings. The fourth-order valence-corrected chi connectivity index (χ4v) is 6.92. The predicted molar refractivity (Wildman–Crippen MR) is 226 cm³/mol. The first kappa shape index (κ1) is 37.2. The Hall–Kier alpha value is -7.10. The number of nitriles is 1. The molecule has 0 aliphatic carbocycles. The molecule has 0 unspecified atom stereocenters. The van der Waals surface area contributed by atoms with Gasteiger partial charge in [0.25, 0.3) is 0 Å². The smallest absolute Gasteiger partial charge is 0.232 e. The lowest BCUT2D eigenvalue weighted by Gasteiger charge is -2.16. The standard InChI is InChI=1S/C44H38N10OS/c1-25-7-13-34(14-8-25)47-41-38(24-45)29(5)39(42(50-41)48-35-15-9-26(2)10-16-35)52-54-44-49-40(31-11-17-33(18-12-31)46-30(6)55)43(56-44)53-51-36-19-20-37-28(4)21-27(3)22-32(37)23-36/h7-23H,1-6H3,(H,46,55)(H2,47,48,50). The second kappa shape index (κ2) is 16.1. The van der Waals surface area contributed by atoms with Crippen LogP contribution in [0.2, 0.25) is 0 Å². The number of hydrogen-bond donors (Lipinski definition) is 3. The number of aromatic nitrogens is 2. The molecule has 0 atom stereocenters. The lowest BCUT2D eigenvalue weighted by atomic mass is 10.0. The number of nitrogens with one attached hydrogen (secondary N) is 3. The van der Waals surface area contributed by atoms with Gasteiger partial charge < -0.3 is 16.0 Å². The van der Waals surface area contributed by atoms with Crippen molar-refractivity contribution in [2.24, 2.45) is 20.5 Å². The van der Waals surface area contributed by atoms with Gasteiger partial charge in [0.15, 0.2) is 16.6 Å². The maximum Gasteiger partial charge on any atom is 0.232 e. The van der Waals surface area contributed by atoms with E-state index in [1.165, 1.54) is 29.4 Å². The predicted octanol–water partition coefficient (Wildman–Crippen LogP) is 13.0. The topological polar surface area (TPSA) is 152 Å². The van der Waals surface area contributed by atoms with Crippen molar-refractivity contribution in [2.75, 3.05) is 16.0 Å². The number of anilines is 5. The van der Waals surface area contributed by atoms with Crippen LogP contribution in [-0.2, 0) is 4.79 Å². The number of benzene rings is 5. The van der Waals surface area contributed by atoms with Gasteiger partial charge in [0.2, 0.25) is 11.0 Å². The van der Waals surface area contributed by atoms with Gasteiger partial charge in [-0.15, -0.1) is 20.5 Å². The maximum absolute atomic E-state index is 11.7. The van der Waals surface area contributed by atoms with Crippen LogP contribution in [-0.4, -0.2) is 15.9 Å². The van der Waals surface area contributed by atoms with Crippen LogP contribution >= 0.6 is 11.3 Å². The summed E-state index contributed by atoms with van der Waals surface area (Å²) in [5.74, 6) is 0.642. The number of amides is 1. The van der Waals surface area contributed by atoms with E-state index in [4.69, 9.17) is 9.97 Å². The van der Waals surface area contributed by atoms with Gasteiger partial charge in [-0.3, -0.25) is 4.79 Å². The fraction of sp³-hybridized carbons (Fsp3) is 0.136. The number of carbonyl (C=O) groups is 1. The zero-order chi connectivity index (χ0) is 39.3. The van der Waals surface area contributed by atoms with Crippen LogP contribution in [0.1, 0.15) is 40.3 Å². The van der Waals surface area contributed by atoms with Crippen LogP contribution in [0.15, 0.2) is 124 Å². The Morgan fingerprint density at radius 1 is 0.679 bits per heavy atom. The van der Waals surface area contributed by atoms with Crippen molar-refractivity contribution in [3.8, 4) is 17.3 Å². The van der Waals surface area contributed by atoms with E-state index in [0.717, 1.165) is 38.8 Å². The molecular formula is C44H38N10OS. The summed E-state index contributed by atoms with van der Waals surface area (Å²) in [6.45, 7) is 11.5. The second-order valence-corrected chi connectivity index (χ2v) is 14.5. The molecule has 7 rings (SSSR count). The Kier molecular flexibility index (Phi) is 10.7. The number of azo groups is 2. The van der Waals surface area contributed by atoms with Gasteiger partial charge in [0, 0.05) is 35.1 Å². The second-order valence-electron chi connectivity index (χ2n) is 13.5. The van der Waals surface area contributed by atoms with E-state index < -0.39 is 0 Å². The maximum atomic E-state index is 11.7. The normalized spacial score (nSPS) is 11.3. The Labute approximate surface area is 328 Å². The van der Waals surface area contributed by atoms with Gasteiger partial charge in [-0.05, 0) is 99.5 Å². The molecule has 276 valence electrons. The molecule has 2 aromatic heterocycles. The van der Waals surface area contributed by atoms with E-state index in [1.54, 1.807) is 12.1 Å². The number of carbonyl (C=O) groups excluding carboxylic acids is 1. The SMILES string of the molecule is CC(=O)Nc1ccc(-c2nc(N=Nc3c(Nc4ccc(C)cc4)nc(Nc4ccc(C)cc4)c(C#N)c3C)sc2N=Nc2ccc3c(C)cc(C)cc3c2)cc1. The zero-order valence-corrected chi connectivity index (χ0v) is 32.6. The molecule has 0 fully saturated rings. The Bertz CT molecular complexity index is 2690. The summed E-state index contributed by atoms with van der Waals surface area (Å²) in [6, 6.07) is 35.7. The quantitative estimate of drug-likeness (QED) is 0.118. The Morgan fingerprint density at radius 3 is 1.96 bits per heavy atom. The third-order valence-corrected chi connectivity index (χ3v) is 9.84.